The Kier molecular flexibility index (Phi) is 5.02. The molecule has 3 rings (SSSR count). The van der Waals surface area contributed by atoms with Crippen LogP contribution in [0.3, 0.4) is 0 Å². The number of hydrogen-bond donors (Lipinski definition) is 0. The van der Waals surface area contributed by atoms with Crippen LogP contribution < -0.4 is 0 Å². The number of Topliss-reactive ketones (excluding diaryl/α,β-unsaturated/α-hetero) is 1. The average Bonchev–Trinajstić information content (AvgIpc) is 3.20. The Morgan fingerprint density at radius 2 is 2.21 bits per heavy atom. The molecule has 0 saturated heterocycles. The summed E-state index contributed by atoms with van der Waals surface area (Å²) in [5.74, 6) is -0.0648. The second kappa shape index (κ2) is 7.04. The van der Waals surface area contributed by atoms with Crippen molar-refractivity contribution in [1.82, 2.24) is 19.7 Å². The first kappa shape index (κ1) is 17.1. The van der Waals surface area contributed by atoms with E-state index in [9.17, 15) is 13.6 Å². The van der Waals surface area contributed by atoms with E-state index in [1.54, 1.807) is 18.5 Å². The number of carbonyl (C=O) groups excluding carboxylic acids is 1. The SMILES string of the molecule is Cc1nc(C(F)F)sc1-c1csc(CC(=O)Cn2cc(Cl)cn2)n1. The van der Waals surface area contributed by atoms with E-state index in [0.717, 1.165) is 11.3 Å². The van der Waals surface area contributed by atoms with E-state index >= 15 is 0 Å². The summed E-state index contributed by atoms with van der Waals surface area (Å²) in [4.78, 5) is 20.9. The lowest BCUT2D eigenvalue weighted by molar-refractivity contribution is -0.119. The Bertz CT molecular complexity index is 874. The van der Waals surface area contributed by atoms with Gasteiger partial charge in [0.15, 0.2) is 10.8 Å². The molecule has 0 saturated carbocycles. The minimum atomic E-state index is -2.59. The number of nitrogens with zero attached hydrogens (tertiary/aromatic N) is 4. The number of halogens is 3. The molecule has 0 unspecified atom stereocenters. The highest BCUT2D eigenvalue weighted by Crippen LogP contribution is 2.34. The maximum Gasteiger partial charge on any atom is 0.289 e. The summed E-state index contributed by atoms with van der Waals surface area (Å²) >= 11 is 8.00. The summed E-state index contributed by atoms with van der Waals surface area (Å²) in [5.41, 5.74) is 1.09. The minimum Gasteiger partial charge on any atom is -0.297 e. The van der Waals surface area contributed by atoms with Crippen molar-refractivity contribution in [3.05, 3.63) is 38.5 Å². The zero-order valence-corrected chi connectivity index (χ0v) is 14.8. The van der Waals surface area contributed by atoms with E-state index in [2.05, 4.69) is 15.1 Å². The van der Waals surface area contributed by atoms with Gasteiger partial charge >= 0.3 is 0 Å². The van der Waals surface area contributed by atoms with Gasteiger partial charge in [-0.05, 0) is 6.92 Å². The maximum atomic E-state index is 12.7. The number of thiazole rings is 2. The molecule has 5 nitrogen and oxygen atoms in total. The number of aryl methyl sites for hydroxylation is 1. The van der Waals surface area contributed by atoms with Gasteiger partial charge in [-0.25, -0.2) is 18.7 Å². The first-order chi connectivity index (χ1) is 11.4. The second-order valence-electron chi connectivity index (χ2n) is 4.97. The van der Waals surface area contributed by atoms with Crippen molar-refractivity contribution in [3.8, 4) is 10.6 Å². The van der Waals surface area contributed by atoms with E-state index in [4.69, 9.17) is 11.6 Å². The lowest BCUT2D eigenvalue weighted by Crippen LogP contribution is -2.12. The fourth-order valence-corrected chi connectivity index (χ4v) is 4.00. The van der Waals surface area contributed by atoms with Crippen LogP contribution in [0.15, 0.2) is 17.8 Å². The van der Waals surface area contributed by atoms with E-state index in [0.29, 0.717) is 26.3 Å². The molecule has 0 spiro atoms. The van der Waals surface area contributed by atoms with Gasteiger partial charge in [0, 0.05) is 11.6 Å². The molecule has 0 aliphatic rings. The third kappa shape index (κ3) is 3.85. The lowest BCUT2D eigenvalue weighted by Gasteiger charge is -1.98. The van der Waals surface area contributed by atoms with E-state index in [1.165, 1.54) is 22.2 Å². The second-order valence-corrected chi connectivity index (χ2v) is 7.38. The van der Waals surface area contributed by atoms with Crippen LogP contribution in [-0.2, 0) is 17.8 Å². The summed E-state index contributed by atoms with van der Waals surface area (Å²) in [5, 5.41) is 6.58. The number of carbonyl (C=O) groups is 1. The van der Waals surface area contributed by atoms with Gasteiger partial charge in [-0.2, -0.15) is 5.10 Å². The van der Waals surface area contributed by atoms with Crippen LogP contribution in [-0.4, -0.2) is 25.5 Å². The molecule has 126 valence electrons. The molecule has 0 aliphatic heterocycles. The number of hydrogen-bond acceptors (Lipinski definition) is 6. The number of alkyl halides is 2. The summed E-state index contributed by atoms with van der Waals surface area (Å²) in [6, 6.07) is 0. The van der Waals surface area contributed by atoms with Crippen molar-refractivity contribution >= 4 is 40.1 Å². The highest BCUT2D eigenvalue weighted by Gasteiger charge is 2.19. The number of aromatic nitrogens is 4. The predicted octanol–water partition coefficient (Wildman–Crippen LogP) is 4.17. The zero-order valence-electron chi connectivity index (χ0n) is 12.4. The molecule has 0 amide bonds. The van der Waals surface area contributed by atoms with Gasteiger partial charge in [0.05, 0.1) is 40.5 Å². The third-order valence-electron chi connectivity index (χ3n) is 3.07. The Hall–Kier alpha value is -1.71. The zero-order chi connectivity index (χ0) is 17.3. The highest BCUT2D eigenvalue weighted by atomic mass is 35.5. The van der Waals surface area contributed by atoms with Gasteiger partial charge in [0.1, 0.15) is 5.01 Å². The van der Waals surface area contributed by atoms with Gasteiger partial charge in [0.25, 0.3) is 6.43 Å². The molecular weight excluding hydrogens is 378 g/mol. The lowest BCUT2D eigenvalue weighted by atomic mass is 10.3. The van der Waals surface area contributed by atoms with Gasteiger partial charge < -0.3 is 0 Å². The van der Waals surface area contributed by atoms with Crippen molar-refractivity contribution in [2.45, 2.75) is 26.3 Å². The monoisotopic (exact) mass is 388 g/mol. The van der Waals surface area contributed by atoms with Crippen LogP contribution in [0, 0.1) is 6.92 Å². The van der Waals surface area contributed by atoms with Gasteiger partial charge in [-0.15, -0.1) is 22.7 Å². The maximum absolute atomic E-state index is 12.7. The normalized spacial score (nSPS) is 11.4. The largest absolute Gasteiger partial charge is 0.297 e. The van der Waals surface area contributed by atoms with Crippen molar-refractivity contribution in [1.29, 1.82) is 0 Å². The van der Waals surface area contributed by atoms with Gasteiger partial charge in [-0.3, -0.25) is 9.48 Å². The molecule has 0 radical (unpaired) electrons. The summed E-state index contributed by atoms with van der Waals surface area (Å²) in [7, 11) is 0. The van der Waals surface area contributed by atoms with Crippen molar-refractivity contribution < 1.29 is 13.6 Å². The van der Waals surface area contributed by atoms with Crippen LogP contribution in [0.25, 0.3) is 10.6 Å². The number of rotatable bonds is 6. The van der Waals surface area contributed by atoms with Crippen molar-refractivity contribution in [2.24, 2.45) is 0 Å². The fourth-order valence-electron chi connectivity index (χ4n) is 2.07. The first-order valence-corrected chi connectivity index (χ1v) is 8.89. The highest BCUT2D eigenvalue weighted by molar-refractivity contribution is 7.16. The molecule has 0 aromatic carbocycles. The third-order valence-corrected chi connectivity index (χ3v) is 5.30. The number of ketones is 1. The molecule has 3 aromatic rings. The first-order valence-electron chi connectivity index (χ1n) is 6.82. The quantitative estimate of drug-likeness (QED) is 0.635. The molecule has 3 heterocycles. The van der Waals surface area contributed by atoms with Crippen LogP contribution >= 0.6 is 34.3 Å². The molecule has 0 atom stereocenters. The molecule has 24 heavy (non-hydrogen) atoms. The Balaban J connectivity index is 1.70. The molecular formula is C14H11ClF2N4OS2. The Morgan fingerprint density at radius 1 is 1.42 bits per heavy atom. The smallest absolute Gasteiger partial charge is 0.289 e. The molecule has 3 aromatic heterocycles. The predicted molar refractivity (Wildman–Crippen MR) is 88.9 cm³/mol. The van der Waals surface area contributed by atoms with E-state index < -0.39 is 6.43 Å². The Morgan fingerprint density at radius 3 is 2.83 bits per heavy atom. The summed E-state index contributed by atoms with van der Waals surface area (Å²) < 4.78 is 26.9. The van der Waals surface area contributed by atoms with Crippen LogP contribution in [0.1, 0.15) is 22.1 Å². The van der Waals surface area contributed by atoms with E-state index in [-0.39, 0.29) is 23.8 Å². The standard InChI is InChI=1S/C14H11ClF2N4OS2/c1-7-12(24-14(19-7)13(16)17)10-6-23-11(20-10)2-9(22)5-21-4-8(15)3-18-21/h3-4,6,13H,2,5H2,1H3. The fraction of sp³-hybridized carbons (Fsp3) is 0.286. The van der Waals surface area contributed by atoms with Gasteiger partial charge in [0.2, 0.25) is 0 Å². The van der Waals surface area contributed by atoms with Gasteiger partial charge in [-0.1, -0.05) is 11.6 Å². The molecule has 0 bridgehead atoms. The molecule has 0 aliphatic carbocycles. The minimum absolute atomic E-state index is 0.0648. The van der Waals surface area contributed by atoms with Crippen molar-refractivity contribution in [2.75, 3.05) is 0 Å². The topological polar surface area (TPSA) is 60.7 Å². The van der Waals surface area contributed by atoms with Crippen LogP contribution in [0.5, 0.6) is 0 Å². The van der Waals surface area contributed by atoms with E-state index in [1.807, 2.05) is 0 Å². The molecule has 10 heteroatoms. The molecule has 0 fully saturated rings. The summed E-state index contributed by atoms with van der Waals surface area (Å²) in [6.45, 7) is 1.78. The van der Waals surface area contributed by atoms with Crippen LogP contribution in [0.4, 0.5) is 8.78 Å². The van der Waals surface area contributed by atoms with Crippen molar-refractivity contribution in [3.63, 3.8) is 0 Å². The Labute approximate surface area is 148 Å². The average molecular weight is 389 g/mol. The van der Waals surface area contributed by atoms with Crippen LogP contribution in [0.2, 0.25) is 5.02 Å². The summed E-state index contributed by atoms with van der Waals surface area (Å²) in [6.07, 6.45) is 0.591. The molecule has 0 N–H and O–H groups in total.